The second kappa shape index (κ2) is 6.01. The molecule has 0 aromatic carbocycles. The van der Waals surface area contributed by atoms with Gasteiger partial charge in [0.15, 0.2) is 5.78 Å². The van der Waals surface area contributed by atoms with Gasteiger partial charge in [0.05, 0.1) is 25.2 Å². The summed E-state index contributed by atoms with van der Waals surface area (Å²) in [7, 11) is 0. The fraction of sp³-hybridized carbons (Fsp3) is 0.786. The Morgan fingerprint density at radius 1 is 1.40 bits per heavy atom. The Morgan fingerprint density at radius 3 is 2.65 bits per heavy atom. The third-order valence-electron chi connectivity index (χ3n) is 3.94. The van der Waals surface area contributed by atoms with E-state index >= 15 is 0 Å². The van der Waals surface area contributed by atoms with Gasteiger partial charge in [-0.2, -0.15) is 5.10 Å². The molecule has 0 atom stereocenters. The van der Waals surface area contributed by atoms with Crippen LogP contribution in [0.4, 0.5) is 0 Å². The molecule has 6 heteroatoms. The van der Waals surface area contributed by atoms with Crippen LogP contribution in [-0.4, -0.2) is 57.3 Å². The molecular weight excluding hydrogens is 256 g/mol. The molecular formula is C14H24N4O2. The number of ketones is 1. The Labute approximate surface area is 120 Å². The number of Topliss-reactive ketones (excluding diaryl/α,β-unsaturated/α-hetero) is 1. The van der Waals surface area contributed by atoms with Crippen molar-refractivity contribution in [2.45, 2.75) is 45.7 Å². The lowest BCUT2D eigenvalue weighted by molar-refractivity contribution is -0.131. The van der Waals surface area contributed by atoms with Gasteiger partial charge in [-0.05, 0) is 27.7 Å². The number of nitrogens with zero attached hydrogens (tertiary/aromatic N) is 4. The van der Waals surface area contributed by atoms with Gasteiger partial charge in [-0.3, -0.25) is 9.69 Å². The minimum atomic E-state index is -0.489. The topological polar surface area (TPSA) is 60.2 Å². The Balaban J connectivity index is 2.08. The second-order valence-electron chi connectivity index (χ2n) is 5.97. The Bertz CT molecular complexity index is 461. The first-order valence-corrected chi connectivity index (χ1v) is 7.17. The summed E-state index contributed by atoms with van der Waals surface area (Å²) in [5.74, 6) is 0.917. The first kappa shape index (κ1) is 15.1. The van der Waals surface area contributed by atoms with Crippen LogP contribution in [0, 0.1) is 0 Å². The van der Waals surface area contributed by atoms with Crippen LogP contribution in [0.1, 0.15) is 39.6 Å². The van der Waals surface area contributed by atoms with Crippen molar-refractivity contribution in [3.05, 3.63) is 12.2 Å². The van der Waals surface area contributed by atoms with Crippen LogP contribution in [0.2, 0.25) is 0 Å². The molecule has 0 N–H and O–H groups in total. The zero-order valence-corrected chi connectivity index (χ0v) is 12.8. The number of hydrogen-bond acceptors (Lipinski definition) is 5. The molecule has 1 aliphatic heterocycles. The molecule has 1 aliphatic rings. The van der Waals surface area contributed by atoms with Gasteiger partial charge in [-0.15, -0.1) is 0 Å². The molecule has 2 rings (SSSR count). The number of aromatic nitrogens is 3. The van der Waals surface area contributed by atoms with Crippen molar-refractivity contribution in [1.82, 2.24) is 19.7 Å². The van der Waals surface area contributed by atoms with Gasteiger partial charge in [-0.25, -0.2) is 9.67 Å². The summed E-state index contributed by atoms with van der Waals surface area (Å²) in [5.41, 5.74) is -0.489. The lowest BCUT2D eigenvalue weighted by atomic mass is 9.93. The number of ether oxygens (including phenoxy) is 1. The van der Waals surface area contributed by atoms with Crippen LogP contribution >= 0.6 is 0 Å². The molecule has 1 aromatic heterocycles. The third-order valence-corrected chi connectivity index (χ3v) is 3.94. The maximum Gasteiger partial charge on any atom is 0.160 e. The van der Waals surface area contributed by atoms with Gasteiger partial charge in [0.1, 0.15) is 12.2 Å². The van der Waals surface area contributed by atoms with Crippen molar-refractivity contribution in [3.63, 3.8) is 0 Å². The molecule has 0 bridgehead atoms. The molecule has 0 amide bonds. The molecule has 2 heterocycles. The Kier molecular flexibility index (Phi) is 4.55. The van der Waals surface area contributed by atoms with Gasteiger partial charge in [0.2, 0.25) is 0 Å². The predicted octanol–water partition coefficient (Wildman–Crippen LogP) is 1.08. The van der Waals surface area contributed by atoms with Crippen LogP contribution in [-0.2, 0) is 16.0 Å². The van der Waals surface area contributed by atoms with E-state index in [0.29, 0.717) is 19.6 Å². The van der Waals surface area contributed by atoms with E-state index in [1.807, 2.05) is 32.4 Å². The molecule has 0 unspecified atom stereocenters. The molecule has 0 radical (unpaired) electrons. The molecule has 1 fully saturated rings. The quantitative estimate of drug-likeness (QED) is 0.808. The van der Waals surface area contributed by atoms with Crippen LogP contribution in [0.5, 0.6) is 0 Å². The maximum absolute atomic E-state index is 12.6. The van der Waals surface area contributed by atoms with E-state index in [0.717, 1.165) is 18.9 Å². The van der Waals surface area contributed by atoms with Gasteiger partial charge >= 0.3 is 0 Å². The lowest BCUT2D eigenvalue weighted by Crippen LogP contribution is -2.55. The van der Waals surface area contributed by atoms with Crippen molar-refractivity contribution in [2.75, 3.05) is 26.3 Å². The minimum Gasteiger partial charge on any atom is -0.379 e. The largest absolute Gasteiger partial charge is 0.379 e. The van der Waals surface area contributed by atoms with Crippen molar-refractivity contribution >= 4 is 5.78 Å². The van der Waals surface area contributed by atoms with Gasteiger partial charge < -0.3 is 4.74 Å². The molecule has 0 spiro atoms. The monoisotopic (exact) mass is 280 g/mol. The molecule has 112 valence electrons. The second-order valence-corrected chi connectivity index (χ2v) is 5.97. The molecule has 6 nitrogen and oxygen atoms in total. The van der Waals surface area contributed by atoms with Gasteiger partial charge in [-0.1, -0.05) is 0 Å². The number of carbonyl (C=O) groups is 1. The highest BCUT2D eigenvalue weighted by Gasteiger charge is 2.35. The predicted molar refractivity (Wildman–Crippen MR) is 75.6 cm³/mol. The molecule has 0 saturated carbocycles. The van der Waals surface area contributed by atoms with Crippen molar-refractivity contribution < 1.29 is 9.53 Å². The van der Waals surface area contributed by atoms with E-state index in [1.54, 1.807) is 0 Å². The van der Waals surface area contributed by atoms with E-state index < -0.39 is 5.54 Å². The van der Waals surface area contributed by atoms with Crippen molar-refractivity contribution in [1.29, 1.82) is 0 Å². The van der Waals surface area contributed by atoms with Gasteiger partial charge in [0.25, 0.3) is 0 Å². The van der Waals surface area contributed by atoms with E-state index in [9.17, 15) is 4.79 Å². The lowest BCUT2D eigenvalue weighted by Gasteiger charge is -2.39. The van der Waals surface area contributed by atoms with Crippen LogP contribution < -0.4 is 0 Å². The molecule has 20 heavy (non-hydrogen) atoms. The first-order chi connectivity index (χ1) is 9.43. The highest BCUT2D eigenvalue weighted by Crippen LogP contribution is 2.19. The van der Waals surface area contributed by atoms with Crippen LogP contribution in [0.25, 0.3) is 0 Å². The number of hydrogen-bond donors (Lipinski definition) is 0. The minimum absolute atomic E-state index is 0.175. The highest BCUT2D eigenvalue weighted by atomic mass is 16.5. The Hall–Kier alpha value is -1.27. The number of morpholine rings is 1. The molecule has 0 aliphatic carbocycles. The van der Waals surface area contributed by atoms with Crippen molar-refractivity contribution in [3.8, 4) is 0 Å². The SMILES string of the molecule is CC(C)n1ncnc1CC(=O)C(C)(C)N1CCOCC1. The summed E-state index contributed by atoms with van der Waals surface area (Å²) in [6.07, 6.45) is 1.84. The Morgan fingerprint density at radius 2 is 2.05 bits per heavy atom. The normalized spacial score (nSPS) is 17.6. The summed E-state index contributed by atoms with van der Waals surface area (Å²) in [4.78, 5) is 19.1. The van der Waals surface area contributed by atoms with Crippen LogP contribution in [0.15, 0.2) is 6.33 Å². The zero-order chi connectivity index (χ0) is 14.8. The van der Waals surface area contributed by atoms with Crippen LogP contribution in [0.3, 0.4) is 0 Å². The fourth-order valence-electron chi connectivity index (χ4n) is 2.49. The van der Waals surface area contributed by atoms with E-state index in [1.165, 1.54) is 6.33 Å². The summed E-state index contributed by atoms with van der Waals surface area (Å²) in [6, 6.07) is 0.215. The van der Waals surface area contributed by atoms with Crippen molar-refractivity contribution in [2.24, 2.45) is 0 Å². The third kappa shape index (κ3) is 3.07. The average Bonchev–Trinajstić information content (AvgIpc) is 2.88. The summed E-state index contributed by atoms with van der Waals surface area (Å²) in [6.45, 7) is 11.0. The standard InChI is InChI=1S/C14H24N4O2/c1-11(2)18-13(15-10-16-18)9-12(19)14(3,4)17-5-7-20-8-6-17/h10-11H,5-9H2,1-4H3. The maximum atomic E-state index is 12.6. The summed E-state index contributed by atoms with van der Waals surface area (Å²) >= 11 is 0. The van der Waals surface area contributed by atoms with E-state index in [2.05, 4.69) is 15.0 Å². The average molecular weight is 280 g/mol. The highest BCUT2D eigenvalue weighted by molar-refractivity contribution is 5.88. The molecule has 1 saturated heterocycles. The molecule has 1 aromatic rings. The number of rotatable bonds is 5. The van der Waals surface area contributed by atoms with E-state index in [-0.39, 0.29) is 11.8 Å². The summed E-state index contributed by atoms with van der Waals surface area (Å²) in [5, 5.41) is 4.18. The first-order valence-electron chi connectivity index (χ1n) is 7.17. The zero-order valence-electron chi connectivity index (χ0n) is 12.8. The smallest absolute Gasteiger partial charge is 0.160 e. The summed E-state index contributed by atoms with van der Waals surface area (Å²) < 4.78 is 7.16. The van der Waals surface area contributed by atoms with Gasteiger partial charge in [0, 0.05) is 19.1 Å². The van der Waals surface area contributed by atoms with E-state index in [4.69, 9.17) is 4.74 Å². The fourth-order valence-corrected chi connectivity index (χ4v) is 2.49. The number of carbonyl (C=O) groups excluding carboxylic acids is 1.